The van der Waals surface area contributed by atoms with Crippen LogP contribution >= 0.6 is 0 Å². The summed E-state index contributed by atoms with van der Waals surface area (Å²) in [5, 5.41) is 5.58. The molecule has 0 spiro atoms. The number of para-hydroxylation sites is 1. The Morgan fingerprint density at radius 1 is 0.786 bits per heavy atom. The molecule has 0 radical (unpaired) electrons. The Morgan fingerprint density at radius 2 is 1.36 bits per heavy atom. The molecule has 3 aromatic carbocycles. The molecule has 0 fully saturated rings. The summed E-state index contributed by atoms with van der Waals surface area (Å²) in [6, 6.07) is 12.3. The Kier molecular flexibility index (Phi) is 2.63. The van der Waals surface area contributed by atoms with E-state index in [1.165, 1.54) is 12.1 Å². The number of aromatic nitrogens is 2. The van der Waals surface area contributed by atoms with E-state index in [-0.39, 0.29) is 11.7 Å². The summed E-state index contributed by atoms with van der Waals surface area (Å²) in [5.74, 6) is -1.14. The topological polar surface area (TPSA) is 56.0 Å². The summed E-state index contributed by atoms with van der Waals surface area (Å²) in [7, 11) is 3.81. The zero-order valence-corrected chi connectivity index (χ0v) is 15.1. The standard InChI is InChI=1S/C22H14FN3O2/c1-25-13-6-4-3-5-11(13)15-17-18(22(28)24-21(17)27)16-12-8-7-10(23)9-14(12)26(2)20(16)19(15)25/h3-9H,1-2H3,(H,24,27,28). The number of fused-ring (bicyclic) bond motifs is 10. The van der Waals surface area contributed by atoms with Crippen molar-refractivity contribution < 1.29 is 14.0 Å². The van der Waals surface area contributed by atoms with E-state index in [0.29, 0.717) is 22.0 Å². The average molecular weight is 371 g/mol. The number of aryl methyl sites for hydroxylation is 2. The van der Waals surface area contributed by atoms with Crippen molar-refractivity contribution in [3.8, 4) is 0 Å². The van der Waals surface area contributed by atoms with Gasteiger partial charge in [0.25, 0.3) is 11.8 Å². The molecule has 3 heterocycles. The van der Waals surface area contributed by atoms with E-state index in [9.17, 15) is 14.0 Å². The van der Waals surface area contributed by atoms with Crippen LogP contribution in [0.4, 0.5) is 4.39 Å². The van der Waals surface area contributed by atoms with Gasteiger partial charge in [-0.25, -0.2) is 4.39 Å². The molecule has 1 N–H and O–H groups in total. The maximum absolute atomic E-state index is 14.0. The van der Waals surface area contributed by atoms with Gasteiger partial charge in [-0.2, -0.15) is 0 Å². The SMILES string of the molecule is Cn1c2ccccc2c2c3c(c4c5ccc(F)cc5n(C)c4c21)C(=O)NC3=O. The van der Waals surface area contributed by atoms with Crippen molar-refractivity contribution in [3.63, 3.8) is 0 Å². The fourth-order valence-corrected chi connectivity index (χ4v) is 4.80. The number of nitrogens with one attached hydrogen (secondary N) is 1. The molecule has 0 aliphatic carbocycles. The van der Waals surface area contributed by atoms with E-state index in [2.05, 4.69) is 5.32 Å². The van der Waals surface area contributed by atoms with Gasteiger partial charge in [-0.1, -0.05) is 18.2 Å². The lowest BCUT2D eigenvalue weighted by molar-refractivity contribution is 0.0880. The summed E-state index contributed by atoms with van der Waals surface area (Å²) < 4.78 is 17.9. The van der Waals surface area contributed by atoms with Crippen molar-refractivity contribution >= 4 is 55.4 Å². The molecule has 0 saturated heterocycles. The first-order valence-electron chi connectivity index (χ1n) is 8.95. The van der Waals surface area contributed by atoms with Gasteiger partial charge in [0.1, 0.15) is 5.82 Å². The minimum Gasteiger partial charge on any atom is -0.342 e. The van der Waals surface area contributed by atoms with Crippen LogP contribution in [0.1, 0.15) is 20.7 Å². The van der Waals surface area contributed by atoms with Crippen LogP contribution < -0.4 is 5.32 Å². The molecule has 0 atom stereocenters. The van der Waals surface area contributed by atoms with E-state index >= 15 is 0 Å². The number of rotatable bonds is 0. The van der Waals surface area contributed by atoms with E-state index in [1.807, 2.05) is 47.5 Å². The first-order valence-corrected chi connectivity index (χ1v) is 8.95. The first kappa shape index (κ1) is 15.4. The summed E-state index contributed by atoms with van der Waals surface area (Å²) in [4.78, 5) is 25.5. The van der Waals surface area contributed by atoms with Crippen LogP contribution in [-0.4, -0.2) is 20.9 Å². The summed E-state index contributed by atoms with van der Waals surface area (Å²) >= 11 is 0. The van der Waals surface area contributed by atoms with Crippen LogP contribution in [0.2, 0.25) is 0 Å². The number of imide groups is 1. The van der Waals surface area contributed by atoms with Crippen LogP contribution in [0, 0.1) is 5.82 Å². The van der Waals surface area contributed by atoms with Crippen molar-refractivity contribution in [2.75, 3.05) is 0 Å². The molecule has 5 aromatic rings. The predicted octanol–water partition coefficient (Wildman–Crippen LogP) is 4.00. The molecule has 6 rings (SSSR count). The van der Waals surface area contributed by atoms with Gasteiger partial charge in [0, 0.05) is 41.2 Å². The Morgan fingerprint density at radius 3 is 2.04 bits per heavy atom. The monoisotopic (exact) mass is 371 g/mol. The molecule has 2 amide bonds. The van der Waals surface area contributed by atoms with Gasteiger partial charge in [0.05, 0.1) is 27.7 Å². The number of carbonyl (C=O) groups is 2. The normalized spacial score (nSPS) is 14.0. The van der Waals surface area contributed by atoms with Crippen molar-refractivity contribution in [1.82, 2.24) is 14.5 Å². The lowest BCUT2D eigenvalue weighted by Gasteiger charge is -2.07. The van der Waals surface area contributed by atoms with Crippen molar-refractivity contribution in [2.45, 2.75) is 0 Å². The van der Waals surface area contributed by atoms with Gasteiger partial charge in [-0.15, -0.1) is 0 Å². The second-order valence-electron chi connectivity index (χ2n) is 7.28. The summed E-state index contributed by atoms with van der Waals surface area (Å²) in [5.41, 5.74) is 4.11. The Hall–Kier alpha value is -3.67. The second kappa shape index (κ2) is 4.78. The Labute approximate surface area is 157 Å². The van der Waals surface area contributed by atoms with Crippen LogP contribution in [0.5, 0.6) is 0 Å². The summed E-state index contributed by atoms with van der Waals surface area (Å²) in [6.07, 6.45) is 0. The highest BCUT2D eigenvalue weighted by Gasteiger charge is 2.35. The molecule has 2 aromatic heterocycles. The van der Waals surface area contributed by atoms with E-state index in [1.54, 1.807) is 6.07 Å². The van der Waals surface area contributed by atoms with Crippen LogP contribution in [0.25, 0.3) is 43.6 Å². The number of hydrogen-bond acceptors (Lipinski definition) is 2. The largest absolute Gasteiger partial charge is 0.342 e. The Balaban J connectivity index is 2.07. The molecule has 136 valence electrons. The number of amides is 2. The first-order chi connectivity index (χ1) is 13.5. The van der Waals surface area contributed by atoms with Crippen molar-refractivity contribution in [2.24, 2.45) is 14.1 Å². The number of hydrogen-bond donors (Lipinski definition) is 1. The molecule has 0 unspecified atom stereocenters. The van der Waals surface area contributed by atoms with E-state index in [0.717, 1.165) is 32.7 Å². The molecular formula is C22H14FN3O2. The van der Waals surface area contributed by atoms with Crippen molar-refractivity contribution in [1.29, 1.82) is 0 Å². The highest BCUT2D eigenvalue weighted by Crippen LogP contribution is 2.44. The van der Waals surface area contributed by atoms with Crippen molar-refractivity contribution in [3.05, 3.63) is 59.4 Å². The molecule has 28 heavy (non-hydrogen) atoms. The van der Waals surface area contributed by atoms with Gasteiger partial charge >= 0.3 is 0 Å². The molecule has 1 aliphatic heterocycles. The Bertz CT molecular complexity index is 1560. The molecule has 6 heteroatoms. The number of nitrogens with zero attached hydrogens (tertiary/aromatic N) is 2. The highest BCUT2D eigenvalue weighted by molar-refractivity contribution is 6.39. The second-order valence-corrected chi connectivity index (χ2v) is 7.28. The van der Waals surface area contributed by atoms with E-state index < -0.39 is 5.91 Å². The van der Waals surface area contributed by atoms with Gasteiger partial charge in [-0.05, 0) is 24.3 Å². The van der Waals surface area contributed by atoms with Gasteiger partial charge in [-0.3, -0.25) is 14.9 Å². The highest BCUT2D eigenvalue weighted by atomic mass is 19.1. The molecule has 1 aliphatic rings. The quantitative estimate of drug-likeness (QED) is 0.418. The lowest BCUT2D eigenvalue weighted by atomic mass is 9.96. The molecular weight excluding hydrogens is 357 g/mol. The summed E-state index contributed by atoms with van der Waals surface area (Å²) in [6.45, 7) is 0. The predicted molar refractivity (Wildman–Crippen MR) is 106 cm³/mol. The maximum atomic E-state index is 14.0. The van der Waals surface area contributed by atoms with Crippen LogP contribution in [-0.2, 0) is 14.1 Å². The fourth-order valence-electron chi connectivity index (χ4n) is 4.80. The number of halogens is 1. The lowest BCUT2D eigenvalue weighted by Crippen LogP contribution is -2.20. The number of carbonyl (C=O) groups excluding carboxylic acids is 2. The fraction of sp³-hybridized carbons (Fsp3) is 0.0909. The average Bonchev–Trinajstić information content (AvgIpc) is 3.25. The third-order valence-electron chi connectivity index (χ3n) is 5.93. The third-order valence-corrected chi connectivity index (χ3v) is 5.93. The van der Waals surface area contributed by atoms with Gasteiger partial charge < -0.3 is 9.13 Å². The smallest absolute Gasteiger partial charge is 0.259 e. The third kappa shape index (κ3) is 1.57. The van der Waals surface area contributed by atoms with E-state index in [4.69, 9.17) is 0 Å². The minimum absolute atomic E-state index is 0.344. The van der Waals surface area contributed by atoms with Gasteiger partial charge in [0.15, 0.2) is 0 Å². The minimum atomic E-state index is -0.406. The molecule has 0 saturated carbocycles. The van der Waals surface area contributed by atoms with Gasteiger partial charge in [0.2, 0.25) is 0 Å². The van der Waals surface area contributed by atoms with Crippen LogP contribution in [0.3, 0.4) is 0 Å². The molecule has 0 bridgehead atoms. The number of benzene rings is 3. The zero-order valence-electron chi connectivity index (χ0n) is 15.1. The molecule has 5 nitrogen and oxygen atoms in total. The van der Waals surface area contributed by atoms with Crippen LogP contribution in [0.15, 0.2) is 42.5 Å². The zero-order chi connectivity index (χ0) is 19.3. The maximum Gasteiger partial charge on any atom is 0.259 e.